The molecule has 0 radical (unpaired) electrons. The van der Waals surface area contributed by atoms with E-state index in [1.807, 2.05) is 26.0 Å². The van der Waals surface area contributed by atoms with Gasteiger partial charge in [-0.1, -0.05) is 109 Å². The molecule has 0 fully saturated rings. The van der Waals surface area contributed by atoms with Crippen LogP contribution < -0.4 is 0 Å². The summed E-state index contributed by atoms with van der Waals surface area (Å²) in [5.74, 6) is -0.144. The minimum absolute atomic E-state index is 0.144. The van der Waals surface area contributed by atoms with Gasteiger partial charge in [-0.05, 0) is 48.9 Å². The number of unbranched alkanes of at least 4 members (excludes halogenated alkanes) is 6. The smallest absolute Gasteiger partial charge is 0.123 e. The molecule has 27 heavy (non-hydrogen) atoms. The fourth-order valence-electron chi connectivity index (χ4n) is 2.81. The predicted molar refractivity (Wildman–Crippen MR) is 120 cm³/mol. The monoisotopic (exact) mass is 372 g/mol. The summed E-state index contributed by atoms with van der Waals surface area (Å²) >= 11 is 0. The van der Waals surface area contributed by atoms with Gasteiger partial charge >= 0.3 is 0 Å². The van der Waals surface area contributed by atoms with Crippen LogP contribution in [-0.4, -0.2) is 0 Å². The van der Waals surface area contributed by atoms with Gasteiger partial charge in [-0.3, -0.25) is 0 Å². The van der Waals surface area contributed by atoms with E-state index >= 15 is 0 Å². The highest BCUT2D eigenvalue weighted by Gasteiger charge is 1.93. The Morgan fingerprint density at radius 1 is 0.556 bits per heavy atom. The van der Waals surface area contributed by atoms with Crippen LogP contribution in [0.2, 0.25) is 0 Å². The van der Waals surface area contributed by atoms with E-state index in [1.165, 1.54) is 81.0 Å². The van der Waals surface area contributed by atoms with Gasteiger partial charge in [0.1, 0.15) is 5.82 Å². The third kappa shape index (κ3) is 15.2. The van der Waals surface area contributed by atoms with Gasteiger partial charge in [-0.15, -0.1) is 0 Å². The minimum atomic E-state index is -0.144. The van der Waals surface area contributed by atoms with Gasteiger partial charge < -0.3 is 0 Å². The Balaban J connectivity index is 0.000000460. The zero-order valence-corrected chi connectivity index (χ0v) is 18.1. The maximum atomic E-state index is 12.5. The normalized spacial score (nSPS) is 9.67. The number of rotatable bonds is 10. The fourth-order valence-corrected chi connectivity index (χ4v) is 2.81. The number of halogens is 1. The number of hydrogen-bond acceptors (Lipinski definition) is 0. The average Bonchev–Trinajstić information content (AvgIpc) is 2.72. The molecule has 2 rings (SSSR count). The van der Waals surface area contributed by atoms with E-state index in [0.29, 0.717) is 0 Å². The zero-order valence-electron chi connectivity index (χ0n) is 18.1. The Labute approximate surface area is 168 Å². The van der Waals surface area contributed by atoms with Crippen LogP contribution in [-0.2, 0) is 12.8 Å². The molecule has 2 aromatic rings. The molecular weight excluding hydrogens is 331 g/mol. The molecule has 0 atom stereocenters. The van der Waals surface area contributed by atoms with Gasteiger partial charge in [0.15, 0.2) is 0 Å². The van der Waals surface area contributed by atoms with Crippen molar-refractivity contribution in [2.75, 3.05) is 0 Å². The minimum Gasteiger partial charge on any atom is -0.207 e. The van der Waals surface area contributed by atoms with Crippen molar-refractivity contribution in [2.24, 2.45) is 0 Å². The van der Waals surface area contributed by atoms with E-state index in [9.17, 15) is 4.39 Å². The summed E-state index contributed by atoms with van der Waals surface area (Å²) in [5.41, 5.74) is 2.73. The molecular formula is C26H41F. The highest BCUT2D eigenvalue weighted by molar-refractivity contribution is 5.16. The van der Waals surface area contributed by atoms with Crippen LogP contribution in [0.5, 0.6) is 0 Å². The van der Waals surface area contributed by atoms with Crippen molar-refractivity contribution in [3.63, 3.8) is 0 Å². The highest BCUT2D eigenvalue weighted by Crippen LogP contribution is 2.08. The van der Waals surface area contributed by atoms with E-state index < -0.39 is 0 Å². The van der Waals surface area contributed by atoms with E-state index in [-0.39, 0.29) is 5.82 Å². The van der Waals surface area contributed by atoms with Crippen LogP contribution in [0.1, 0.15) is 90.2 Å². The SMILES string of the molecule is CC.CCCCCCCc1ccccc1.CCCCCc1ccc(F)cc1. The molecule has 0 spiro atoms. The van der Waals surface area contributed by atoms with Crippen LogP contribution in [0.3, 0.4) is 0 Å². The van der Waals surface area contributed by atoms with Crippen molar-refractivity contribution in [3.05, 3.63) is 71.5 Å². The molecule has 152 valence electrons. The first-order chi connectivity index (χ1) is 13.3. The van der Waals surface area contributed by atoms with Crippen LogP contribution in [0.15, 0.2) is 54.6 Å². The molecule has 0 aromatic heterocycles. The molecule has 0 aliphatic carbocycles. The third-order valence-electron chi connectivity index (χ3n) is 4.39. The summed E-state index contributed by atoms with van der Waals surface area (Å²) in [4.78, 5) is 0. The van der Waals surface area contributed by atoms with Crippen LogP contribution in [0.25, 0.3) is 0 Å². The lowest BCUT2D eigenvalue weighted by Crippen LogP contribution is -1.85. The van der Waals surface area contributed by atoms with Crippen molar-refractivity contribution in [2.45, 2.75) is 91.9 Å². The summed E-state index contributed by atoms with van der Waals surface area (Å²) in [7, 11) is 0. The Morgan fingerprint density at radius 2 is 1.00 bits per heavy atom. The lowest BCUT2D eigenvalue weighted by molar-refractivity contribution is 0.626. The Bertz CT molecular complexity index is 516. The van der Waals surface area contributed by atoms with Crippen molar-refractivity contribution >= 4 is 0 Å². The number of benzene rings is 2. The molecule has 0 bridgehead atoms. The molecule has 0 saturated heterocycles. The van der Waals surface area contributed by atoms with E-state index in [4.69, 9.17) is 0 Å². The van der Waals surface area contributed by atoms with E-state index in [2.05, 4.69) is 44.2 Å². The zero-order chi connectivity index (χ0) is 20.2. The summed E-state index contributed by atoms with van der Waals surface area (Å²) < 4.78 is 12.5. The van der Waals surface area contributed by atoms with Gasteiger partial charge in [0.25, 0.3) is 0 Å². The molecule has 0 N–H and O–H groups in total. The number of aryl methyl sites for hydroxylation is 2. The molecule has 0 nitrogen and oxygen atoms in total. The van der Waals surface area contributed by atoms with Crippen LogP contribution >= 0.6 is 0 Å². The molecule has 0 aliphatic rings. The first-order valence-corrected chi connectivity index (χ1v) is 11.0. The first kappa shape index (κ1) is 25.4. The Morgan fingerprint density at radius 3 is 1.56 bits per heavy atom. The van der Waals surface area contributed by atoms with Gasteiger partial charge in [0.05, 0.1) is 0 Å². The third-order valence-corrected chi connectivity index (χ3v) is 4.39. The van der Waals surface area contributed by atoms with E-state index in [0.717, 1.165) is 6.42 Å². The molecule has 0 heterocycles. The topological polar surface area (TPSA) is 0 Å². The second-order valence-corrected chi connectivity index (χ2v) is 6.73. The van der Waals surface area contributed by atoms with Gasteiger partial charge in [-0.25, -0.2) is 4.39 Å². The summed E-state index contributed by atoms with van der Waals surface area (Å²) in [6.07, 6.45) is 12.9. The fraction of sp³-hybridized carbons (Fsp3) is 0.538. The molecule has 0 amide bonds. The lowest BCUT2D eigenvalue weighted by atomic mass is 10.1. The maximum Gasteiger partial charge on any atom is 0.123 e. The van der Waals surface area contributed by atoms with Gasteiger partial charge in [0.2, 0.25) is 0 Å². The lowest BCUT2D eigenvalue weighted by Gasteiger charge is -2.00. The van der Waals surface area contributed by atoms with Crippen molar-refractivity contribution in [1.82, 2.24) is 0 Å². The van der Waals surface area contributed by atoms with E-state index in [1.54, 1.807) is 0 Å². The summed E-state index contributed by atoms with van der Waals surface area (Å²) in [5, 5.41) is 0. The largest absolute Gasteiger partial charge is 0.207 e. The average molecular weight is 373 g/mol. The van der Waals surface area contributed by atoms with Crippen LogP contribution in [0.4, 0.5) is 4.39 Å². The summed E-state index contributed by atoms with van der Waals surface area (Å²) in [6.45, 7) is 8.45. The number of hydrogen-bond donors (Lipinski definition) is 0. The quantitative estimate of drug-likeness (QED) is 0.365. The van der Waals surface area contributed by atoms with Crippen molar-refractivity contribution < 1.29 is 4.39 Å². The van der Waals surface area contributed by atoms with Crippen molar-refractivity contribution in [1.29, 1.82) is 0 Å². The van der Waals surface area contributed by atoms with Crippen molar-refractivity contribution in [3.8, 4) is 0 Å². The first-order valence-electron chi connectivity index (χ1n) is 11.0. The standard InChI is InChI=1S/C13H20.C11H15F.C2H6/c1-2-3-4-5-7-10-13-11-8-6-9-12-13;1-2-3-4-5-10-6-8-11(12)9-7-10;1-2/h6,8-9,11-12H,2-5,7,10H2,1H3;6-9H,2-5H2,1H3;1-2H3. The Kier molecular flexibility index (Phi) is 18.0. The van der Waals surface area contributed by atoms with Crippen LogP contribution in [0, 0.1) is 5.82 Å². The molecule has 0 saturated carbocycles. The molecule has 1 heteroatoms. The molecule has 0 aliphatic heterocycles. The maximum absolute atomic E-state index is 12.5. The summed E-state index contributed by atoms with van der Waals surface area (Å²) in [6, 6.07) is 17.6. The second-order valence-electron chi connectivity index (χ2n) is 6.73. The molecule has 0 unspecified atom stereocenters. The Hall–Kier alpha value is -1.63. The van der Waals surface area contributed by atoms with Gasteiger partial charge in [-0.2, -0.15) is 0 Å². The molecule has 2 aromatic carbocycles. The highest BCUT2D eigenvalue weighted by atomic mass is 19.1. The van der Waals surface area contributed by atoms with Gasteiger partial charge in [0, 0.05) is 0 Å². The predicted octanol–water partition coefficient (Wildman–Crippen LogP) is 8.78. The second kappa shape index (κ2) is 19.1.